The second kappa shape index (κ2) is 10.9. The fourth-order valence-electron chi connectivity index (χ4n) is 4.93. The summed E-state index contributed by atoms with van der Waals surface area (Å²) in [6, 6.07) is 17.1. The van der Waals surface area contributed by atoms with Gasteiger partial charge >= 0.3 is 11.9 Å². The molecular formula is C32H34N2O7. The molecule has 1 amide bonds. The number of hydrogen-bond donors (Lipinski definition) is 1. The smallest absolute Gasteiger partial charge is 0.334 e. The first kappa shape index (κ1) is 28.1. The van der Waals surface area contributed by atoms with Crippen molar-refractivity contribution >= 4 is 28.7 Å². The van der Waals surface area contributed by atoms with E-state index in [0.29, 0.717) is 35.6 Å². The Balaban J connectivity index is 1.43. The quantitative estimate of drug-likeness (QED) is 0.394. The molecule has 9 heteroatoms. The number of pyridine rings is 1. The topological polar surface area (TPSA) is 113 Å². The summed E-state index contributed by atoms with van der Waals surface area (Å²) >= 11 is 0. The Morgan fingerprint density at radius 2 is 1.73 bits per heavy atom. The van der Waals surface area contributed by atoms with Gasteiger partial charge in [0.1, 0.15) is 28.7 Å². The van der Waals surface area contributed by atoms with Crippen LogP contribution in [0.3, 0.4) is 0 Å². The van der Waals surface area contributed by atoms with Crippen LogP contribution in [0.25, 0.3) is 22.2 Å². The van der Waals surface area contributed by atoms with Crippen LogP contribution in [-0.4, -0.2) is 54.3 Å². The van der Waals surface area contributed by atoms with Gasteiger partial charge in [-0.15, -0.1) is 0 Å². The zero-order chi connectivity index (χ0) is 29.4. The fourth-order valence-corrected chi connectivity index (χ4v) is 4.93. The molecule has 0 radical (unpaired) electrons. The molecule has 2 unspecified atom stereocenters. The van der Waals surface area contributed by atoms with Crippen LogP contribution < -0.4 is 14.8 Å². The third kappa shape index (κ3) is 6.04. The summed E-state index contributed by atoms with van der Waals surface area (Å²) in [6.07, 6.45) is 2.17. The lowest BCUT2D eigenvalue weighted by molar-refractivity contribution is -0.160. The van der Waals surface area contributed by atoms with E-state index in [0.717, 1.165) is 10.9 Å². The summed E-state index contributed by atoms with van der Waals surface area (Å²) in [5, 5.41) is 3.61. The number of aromatic nitrogens is 1. The number of nitrogens with zero attached hydrogens (tertiary/aromatic N) is 1. The Morgan fingerprint density at radius 1 is 1.00 bits per heavy atom. The first-order chi connectivity index (χ1) is 19.5. The number of hydrogen-bond acceptors (Lipinski definition) is 8. The molecule has 214 valence electrons. The van der Waals surface area contributed by atoms with E-state index < -0.39 is 41.0 Å². The van der Waals surface area contributed by atoms with Crippen LogP contribution >= 0.6 is 0 Å². The Labute approximate surface area is 238 Å². The van der Waals surface area contributed by atoms with E-state index in [2.05, 4.69) is 5.32 Å². The molecule has 0 spiro atoms. The molecule has 41 heavy (non-hydrogen) atoms. The second-order valence-corrected chi connectivity index (χ2v) is 11.4. The highest BCUT2D eigenvalue weighted by Crippen LogP contribution is 2.40. The van der Waals surface area contributed by atoms with Crippen LogP contribution in [0.1, 0.15) is 40.0 Å². The maximum atomic E-state index is 13.5. The first-order valence-electron chi connectivity index (χ1n) is 13.6. The van der Waals surface area contributed by atoms with Crippen molar-refractivity contribution in [3.63, 3.8) is 0 Å². The normalized spacial score (nSPS) is 19.2. The average molecular weight is 559 g/mol. The number of carbonyl (C=O) groups excluding carboxylic acids is 3. The van der Waals surface area contributed by atoms with Gasteiger partial charge in [0.25, 0.3) is 0 Å². The van der Waals surface area contributed by atoms with Crippen molar-refractivity contribution in [1.82, 2.24) is 10.3 Å². The van der Waals surface area contributed by atoms with Crippen LogP contribution in [0.4, 0.5) is 0 Å². The predicted molar refractivity (Wildman–Crippen MR) is 152 cm³/mol. The minimum Gasteiger partial charge on any atom is -0.497 e. The molecule has 9 nitrogen and oxygen atoms in total. The van der Waals surface area contributed by atoms with E-state index in [1.807, 2.05) is 54.6 Å². The monoisotopic (exact) mass is 558 g/mol. The van der Waals surface area contributed by atoms with Gasteiger partial charge in [-0.3, -0.25) is 4.79 Å². The van der Waals surface area contributed by atoms with E-state index in [4.69, 9.17) is 23.9 Å². The molecule has 3 aromatic rings. The van der Waals surface area contributed by atoms with Crippen LogP contribution in [0.5, 0.6) is 11.5 Å². The number of amides is 1. The molecular weight excluding hydrogens is 524 g/mol. The van der Waals surface area contributed by atoms with Crippen molar-refractivity contribution in [2.45, 2.75) is 57.3 Å². The molecule has 0 bridgehead atoms. The van der Waals surface area contributed by atoms with Crippen LogP contribution in [-0.2, 0) is 23.9 Å². The SMILES string of the molecule is COC(=O)C1=CC(Oc2cc(-c3ccccc3)nc3cc(OC)ccc23)CC1C(=O)NC1(C(=O)OC(C)(C)C)CC1. The second-order valence-electron chi connectivity index (χ2n) is 11.4. The van der Waals surface area contributed by atoms with Gasteiger partial charge in [0.15, 0.2) is 0 Å². The highest BCUT2D eigenvalue weighted by Gasteiger charge is 2.55. The summed E-state index contributed by atoms with van der Waals surface area (Å²) in [7, 11) is 2.86. The average Bonchev–Trinajstić information content (AvgIpc) is 3.61. The third-order valence-corrected chi connectivity index (χ3v) is 7.18. The van der Waals surface area contributed by atoms with Gasteiger partial charge in [-0.25, -0.2) is 14.6 Å². The lowest BCUT2D eigenvalue weighted by atomic mass is 9.99. The zero-order valence-corrected chi connectivity index (χ0v) is 23.9. The fraction of sp³-hybridized carbons (Fsp3) is 0.375. The molecule has 1 heterocycles. The summed E-state index contributed by atoms with van der Waals surface area (Å²) in [6.45, 7) is 5.34. The first-order valence-corrected chi connectivity index (χ1v) is 13.6. The minimum atomic E-state index is -1.07. The maximum Gasteiger partial charge on any atom is 0.334 e. The number of benzene rings is 2. The lowest BCUT2D eigenvalue weighted by Crippen LogP contribution is -2.48. The lowest BCUT2D eigenvalue weighted by Gasteiger charge is -2.25. The van der Waals surface area contributed by atoms with Gasteiger partial charge in [-0.2, -0.15) is 0 Å². The highest BCUT2D eigenvalue weighted by molar-refractivity contribution is 6.00. The van der Waals surface area contributed by atoms with Gasteiger partial charge in [0.05, 0.1) is 31.3 Å². The van der Waals surface area contributed by atoms with Crippen molar-refractivity contribution in [3.8, 4) is 22.8 Å². The number of fused-ring (bicyclic) bond motifs is 1. The molecule has 2 atom stereocenters. The van der Waals surface area contributed by atoms with Crippen molar-refractivity contribution in [1.29, 1.82) is 0 Å². The number of methoxy groups -OCH3 is 2. The van der Waals surface area contributed by atoms with Crippen LogP contribution in [0, 0.1) is 5.92 Å². The number of esters is 2. The van der Waals surface area contributed by atoms with Crippen molar-refractivity contribution in [2.75, 3.05) is 14.2 Å². The van der Waals surface area contributed by atoms with Crippen molar-refractivity contribution in [2.24, 2.45) is 5.92 Å². The minimum absolute atomic E-state index is 0.193. The molecule has 2 aliphatic rings. The molecule has 1 saturated carbocycles. The number of carbonyl (C=O) groups is 3. The number of nitrogens with one attached hydrogen (secondary N) is 1. The van der Waals surface area contributed by atoms with E-state index in [1.54, 1.807) is 34.0 Å². The summed E-state index contributed by atoms with van der Waals surface area (Å²) in [5.41, 5.74) is 0.732. The van der Waals surface area contributed by atoms with Crippen molar-refractivity contribution in [3.05, 3.63) is 66.2 Å². The Bertz CT molecular complexity index is 1520. The maximum absolute atomic E-state index is 13.5. The van der Waals surface area contributed by atoms with Gasteiger partial charge in [-0.1, -0.05) is 30.3 Å². The molecule has 1 fully saturated rings. The van der Waals surface area contributed by atoms with Crippen LogP contribution in [0.15, 0.2) is 66.2 Å². The largest absolute Gasteiger partial charge is 0.497 e. The van der Waals surface area contributed by atoms with E-state index in [9.17, 15) is 14.4 Å². The molecule has 5 rings (SSSR count). The number of ether oxygens (including phenoxy) is 4. The number of rotatable bonds is 8. The summed E-state index contributed by atoms with van der Waals surface area (Å²) in [4.78, 5) is 43.8. The molecule has 1 N–H and O–H groups in total. The Morgan fingerprint density at radius 3 is 2.37 bits per heavy atom. The highest BCUT2D eigenvalue weighted by atomic mass is 16.6. The molecule has 0 aliphatic heterocycles. The van der Waals surface area contributed by atoms with Gasteiger partial charge in [-0.05, 0) is 51.8 Å². The van der Waals surface area contributed by atoms with Crippen molar-refractivity contribution < 1.29 is 33.3 Å². The molecule has 2 aromatic carbocycles. The molecule has 1 aromatic heterocycles. The predicted octanol–water partition coefficient (Wildman–Crippen LogP) is 4.77. The van der Waals surface area contributed by atoms with E-state index in [-0.39, 0.29) is 12.0 Å². The summed E-state index contributed by atoms with van der Waals surface area (Å²) in [5.74, 6) is -1.17. The summed E-state index contributed by atoms with van der Waals surface area (Å²) < 4.78 is 22.4. The Hall–Kier alpha value is -4.40. The van der Waals surface area contributed by atoms with Gasteiger partial charge in [0.2, 0.25) is 5.91 Å². The van der Waals surface area contributed by atoms with E-state index in [1.165, 1.54) is 7.11 Å². The third-order valence-electron chi connectivity index (χ3n) is 7.18. The van der Waals surface area contributed by atoms with Crippen LogP contribution in [0.2, 0.25) is 0 Å². The molecule has 0 saturated heterocycles. The molecule has 2 aliphatic carbocycles. The van der Waals surface area contributed by atoms with E-state index >= 15 is 0 Å². The zero-order valence-electron chi connectivity index (χ0n) is 23.9. The standard InChI is InChI=1S/C32H34N2O7/c1-31(2,3)41-30(37)32(13-14-32)34-28(35)23-15-21(16-24(23)29(36)39-5)40-27-18-25(19-9-7-6-8-10-19)33-26-17-20(38-4)11-12-22(26)27/h6-12,16-18,21,23H,13-15H2,1-5H3,(H,34,35). The van der Waals surface area contributed by atoms with Gasteiger partial charge < -0.3 is 24.3 Å². The Kier molecular flexibility index (Phi) is 7.46. The van der Waals surface area contributed by atoms with Gasteiger partial charge in [0, 0.05) is 35.1 Å².